The second kappa shape index (κ2) is 4.18. The molecule has 0 aliphatic rings. The van der Waals surface area contributed by atoms with Crippen LogP contribution in [0.3, 0.4) is 0 Å². The van der Waals surface area contributed by atoms with E-state index in [1.54, 1.807) is 11.7 Å². The Morgan fingerprint density at radius 2 is 2.29 bits per heavy atom. The van der Waals surface area contributed by atoms with Crippen molar-refractivity contribution in [1.82, 2.24) is 4.98 Å². The minimum Gasteiger partial charge on any atom is -0.298 e. The lowest BCUT2D eigenvalue weighted by Gasteiger charge is -2.06. The van der Waals surface area contributed by atoms with Crippen LogP contribution in [0, 0.1) is 0 Å². The Bertz CT molecular complexity index is 408. The molecule has 0 radical (unpaired) electrons. The maximum Gasteiger partial charge on any atom is 0.157 e. The van der Waals surface area contributed by atoms with Crippen LogP contribution in [-0.2, 0) is 21.1 Å². The first-order chi connectivity index (χ1) is 6.41. The zero-order valence-corrected chi connectivity index (χ0v) is 9.56. The molecule has 1 heterocycles. The van der Waals surface area contributed by atoms with Gasteiger partial charge in [0.05, 0.1) is 5.51 Å². The van der Waals surface area contributed by atoms with Gasteiger partial charge in [-0.05, 0) is 6.92 Å². The quantitative estimate of drug-likeness (QED) is 0.767. The van der Waals surface area contributed by atoms with Gasteiger partial charge in [-0.15, -0.1) is 11.3 Å². The number of sulfone groups is 1. The summed E-state index contributed by atoms with van der Waals surface area (Å²) in [4.78, 5) is 16.1. The van der Waals surface area contributed by atoms with Gasteiger partial charge < -0.3 is 0 Å². The highest BCUT2D eigenvalue weighted by Gasteiger charge is 2.23. The summed E-state index contributed by atoms with van der Waals surface area (Å²) in [5.41, 5.74) is 1.62. The molecule has 0 aromatic carbocycles. The number of Topliss-reactive ketones (excluding diaryl/α,β-unsaturated/α-hetero) is 1. The van der Waals surface area contributed by atoms with Gasteiger partial charge >= 0.3 is 0 Å². The van der Waals surface area contributed by atoms with E-state index in [0.29, 0.717) is 0 Å². The Morgan fingerprint density at radius 1 is 1.64 bits per heavy atom. The molecule has 0 saturated heterocycles. The summed E-state index contributed by atoms with van der Waals surface area (Å²) in [6.07, 6.45) is 2.80. The molecule has 1 atom stereocenters. The minimum atomic E-state index is -3.27. The Kier molecular flexibility index (Phi) is 3.38. The number of rotatable bonds is 4. The summed E-state index contributed by atoms with van der Waals surface area (Å²) in [7, 11) is -3.27. The van der Waals surface area contributed by atoms with Crippen LogP contribution in [0.15, 0.2) is 11.7 Å². The zero-order valence-electron chi connectivity index (χ0n) is 7.93. The van der Waals surface area contributed by atoms with E-state index < -0.39 is 15.1 Å². The van der Waals surface area contributed by atoms with E-state index in [1.165, 1.54) is 18.3 Å². The molecule has 0 aliphatic heterocycles. The fraction of sp³-hybridized carbons (Fsp3) is 0.500. The lowest BCUT2D eigenvalue weighted by molar-refractivity contribution is -0.117. The summed E-state index contributed by atoms with van der Waals surface area (Å²) in [6.45, 7) is 1.42. The van der Waals surface area contributed by atoms with Crippen LogP contribution >= 0.6 is 11.3 Å². The fourth-order valence-electron chi connectivity index (χ4n) is 0.884. The highest BCUT2D eigenvalue weighted by atomic mass is 32.2. The number of nitrogens with zero attached hydrogens (tertiary/aromatic N) is 1. The highest BCUT2D eigenvalue weighted by molar-refractivity contribution is 7.92. The van der Waals surface area contributed by atoms with E-state index >= 15 is 0 Å². The summed E-state index contributed by atoms with van der Waals surface area (Å²) in [6, 6.07) is 0. The molecule has 0 N–H and O–H groups in total. The zero-order chi connectivity index (χ0) is 10.8. The standard InChI is InChI=1S/C8H11NO3S2/c1-6(14(2,11)12)8(10)3-7-4-9-5-13-7/h4-6H,3H2,1-2H3. The fourth-order valence-corrected chi connectivity index (χ4v) is 2.05. The van der Waals surface area contributed by atoms with Gasteiger partial charge in [-0.25, -0.2) is 8.42 Å². The average Bonchev–Trinajstić information content (AvgIpc) is 2.53. The number of ketones is 1. The van der Waals surface area contributed by atoms with Crippen molar-refractivity contribution < 1.29 is 13.2 Å². The van der Waals surface area contributed by atoms with Crippen LogP contribution in [0.5, 0.6) is 0 Å². The van der Waals surface area contributed by atoms with Crippen LogP contribution in [0.2, 0.25) is 0 Å². The van der Waals surface area contributed by atoms with Gasteiger partial charge in [0.25, 0.3) is 0 Å². The molecule has 14 heavy (non-hydrogen) atoms. The molecular formula is C8H11NO3S2. The molecule has 0 saturated carbocycles. The van der Waals surface area contributed by atoms with Crippen LogP contribution < -0.4 is 0 Å². The third-order valence-electron chi connectivity index (χ3n) is 1.93. The van der Waals surface area contributed by atoms with Gasteiger partial charge in [0.1, 0.15) is 5.25 Å². The van der Waals surface area contributed by atoms with Crippen molar-refractivity contribution in [1.29, 1.82) is 0 Å². The van der Waals surface area contributed by atoms with Gasteiger partial charge in [-0.2, -0.15) is 0 Å². The first kappa shape index (κ1) is 11.3. The maximum absolute atomic E-state index is 11.5. The highest BCUT2D eigenvalue weighted by Crippen LogP contribution is 2.10. The number of hydrogen-bond donors (Lipinski definition) is 0. The monoisotopic (exact) mass is 233 g/mol. The molecule has 1 rings (SSSR count). The summed E-state index contributed by atoms with van der Waals surface area (Å²) >= 11 is 1.35. The topological polar surface area (TPSA) is 64.1 Å². The lowest BCUT2D eigenvalue weighted by atomic mass is 10.2. The number of carbonyl (C=O) groups is 1. The third kappa shape index (κ3) is 2.88. The van der Waals surface area contributed by atoms with E-state index in [1.807, 2.05) is 0 Å². The smallest absolute Gasteiger partial charge is 0.157 e. The minimum absolute atomic E-state index is 0.152. The lowest BCUT2D eigenvalue weighted by Crippen LogP contribution is -2.27. The molecular weight excluding hydrogens is 222 g/mol. The molecule has 0 spiro atoms. The largest absolute Gasteiger partial charge is 0.298 e. The van der Waals surface area contributed by atoms with Crippen molar-refractivity contribution >= 4 is 27.0 Å². The van der Waals surface area contributed by atoms with E-state index in [4.69, 9.17) is 0 Å². The van der Waals surface area contributed by atoms with Gasteiger partial charge in [0, 0.05) is 23.8 Å². The third-order valence-corrected chi connectivity index (χ3v) is 4.25. The molecule has 0 bridgehead atoms. The van der Waals surface area contributed by atoms with Crippen LogP contribution in [-0.4, -0.2) is 30.7 Å². The van der Waals surface area contributed by atoms with Gasteiger partial charge in [0.15, 0.2) is 15.6 Å². The van der Waals surface area contributed by atoms with Crippen LogP contribution in [0.1, 0.15) is 11.8 Å². The summed E-state index contributed by atoms with van der Waals surface area (Å²) in [5, 5.41) is -0.926. The average molecular weight is 233 g/mol. The molecule has 0 aliphatic carbocycles. The predicted molar refractivity (Wildman–Crippen MR) is 55.1 cm³/mol. The molecule has 0 amide bonds. The molecule has 1 aromatic rings. The molecule has 4 nitrogen and oxygen atoms in total. The number of thiazole rings is 1. The van der Waals surface area contributed by atoms with E-state index in [9.17, 15) is 13.2 Å². The Hall–Kier alpha value is -0.750. The van der Waals surface area contributed by atoms with Gasteiger partial charge in [-0.3, -0.25) is 9.78 Å². The predicted octanol–water partition coefficient (Wildman–Crippen LogP) is 0.688. The molecule has 1 aromatic heterocycles. The summed E-state index contributed by atoms with van der Waals surface area (Å²) < 4.78 is 22.1. The summed E-state index contributed by atoms with van der Waals surface area (Å²) in [5.74, 6) is -0.281. The number of carbonyl (C=O) groups excluding carboxylic acids is 1. The number of aromatic nitrogens is 1. The van der Waals surface area contributed by atoms with Crippen molar-refractivity contribution in [3.63, 3.8) is 0 Å². The maximum atomic E-state index is 11.5. The SMILES string of the molecule is CC(C(=O)Cc1cncs1)S(C)(=O)=O. The van der Waals surface area contributed by atoms with Crippen molar-refractivity contribution in [2.45, 2.75) is 18.6 Å². The first-order valence-corrected chi connectivity index (χ1v) is 6.83. The van der Waals surface area contributed by atoms with Crippen LogP contribution in [0.4, 0.5) is 0 Å². The Morgan fingerprint density at radius 3 is 2.71 bits per heavy atom. The molecule has 0 fully saturated rings. The molecule has 78 valence electrons. The van der Waals surface area contributed by atoms with Crippen molar-refractivity contribution in [3.05, 3.63) is 16.6 Å². The molecule has 1 unspecified atom stereocenters. The van der Waals surface area contributed by atoms with E-state index in [2.05, 4.69) is 4.98 Å². The van der Waals surface area contributed by atoms with E-state index in [-0.39, 0.29) is 12.2 Å². The van der Waals surface area contributed by atoms with Gasteiger partial charge in [-0.1, -0.05) is 0 Å². The Balaban J connectivity index is 2.69. The normalized spacial score (nSPS) is 13.9. The van der Waals surface area contributed by atoms with Crippen molar-refractivity contribution in [2.24, 2.45) is 0 Å². The van der Waals surface area contributed by atoms with Gasteiger partial charge in [0.2, 0.25) is 0 Å². The van der Waals surface area contributed by atoms with E-state index in [0.717, 1.165) is 11.1 Å². The second-order valence-corrected chi connectivity index (χ2v) is 6.42. The van der Waals surface area contributed by atoms with Crippen LogP contribution in [0.25, 0.3) is 0 Å². The van der Waals surface area contributed by atoms with Crippen molar-refractivity contribution in [3.8, 4) is 0 Å². The Labute approximate surface area is 86.9 Å². The number of hydrogen-bond acceptors (Lipinski definition) is 5. The molecule has 6 heteroatoms. The van der Waals surface area contributed by atoms with Crippen molar-refractivity contribution in [2.75, 3.05) is 6.26 Å². The second-order valence-electron chi connectivity index (χ2n) is 3.08. The first-order valence-electron chi connectivity index (χ1n) is 4.00.